The molecule has 0 aliphatic rings. The maximum absolute atomic E-state index is 11.0. The van der Waals surface area contributed by atoms with Crippen molar-refractivity contribution in [1.82, 2.24) is 5.32 Å². The summed E-state index contributed by atoms with van der Waals surface area (Å²) in [5.41, 5.74) is 0. The summed E-state index contributed by atoms with van der Waals surface area (Å²) in [6.07, 6.45) is 1.41. The highest BCUT2D eigenvalue weighted by Gasteiger charge is 2.04. The van der Waals surface area contributed by atoms with Crippen molar-refractivity contribution in [3.63, 3.8) is 0 Å². The number of carbonyl (C=O) groups is 2. The first kappa shape index (κ1) is 14.4. The Morgan fingerprint density at radius 2 is 2.19 bits per heavy atom. The highest BCUT2D eigenvalue weighted by atomic mass is 16.6. The monoisotopic (exact) mass is 230 g/mol. The number of amides is 1. The van der Waals surface area contributed by atoms with Gasteiger partial charge in [0.2, 0.25) is 0 Å². The third kappa shape index (κ3) is 8.98. The van der Waals surface area contributed by atoms with Crippen molar-refractivity contribution in [2.24, 2.45) is 11.1 Å². The molecule has 0 bridgehead atoms. The van der Waals surface area contributed by atoms with E-state index < -0.39 is 6.09 Å². The lowest BCUT2D eigenvalue weighted by Crippen LogP contribution is -2.27. The van der Waals surface area contributed by atoms with Gasteiger partial charge in [0.05, 0.1) is 6.61 Å². The summed E-state index contributed by atoms with van der Waals surface area (Å²) >= 11 is 0. The summed E-state index contributed by atoms with van der Waals surface area (Å²) in [5.74, 6) is 0.113. The molecule has 0 aliphatic heterocycles. The second-order valence-electron chi connectivity index (χ2n) is 3.41. The molecule has 0 aromatic heterocycles. The Hall–Kier alpha value is -1.59. The van der Waals surface area contributed by atoms with E-state index in [1.165, 1.54) is 6.92 Å². The minimum Gasteiger partial charge on any atom is -0.449 e. The zero-order valence-electron chi connectivity index (χ0n) is 9.86. The van der Waals surface area contributed by atoms with Crippen molar-refractivity contribution in [1.29, 1.82) is 0 Å². The predicted octanol–water partition coefficient (Wildman–Crippen LogP) is 1.31. The number of Topliss-reactive ketones (excluding diaryl/α,β-unsaturated/α-hetero) is 1. The van der Waals surface area contributed by atoms with Gasteiger partial charge in [-0.25, -0.2) is 4.79 Å². The van der Waals surface area contributed by atoms with Crippen molar-refractivity contribution in [2.75, 3.05) is 13.3 Å². The van der Waals surface area contributed by atoms with Crippen LogP contribution in [0.4, 0.5) is 4.79 Å². The van der Waals surface area contributed by atoms with Crippen LogP contribution in [0, 0.1) is 5.92 Å². The Morgan fingerprint density at radius 1 is 1.50 bits per heavy atom. The molecule has 6 heteroatoms. The van der Waals surface area contributed by atoms with E-state index in [-0.39, 0.29) is 12.5 Å². The second-order valence-corrected chi connectivity index (χ2v) is 3.41. The molecule has 92 valence electrons. The van der Waals surface area contributed by atoms with Crippen LogP contribution in [0.5, 0.6) is 0 Å². The average Bonchev–Trinajstić information content (AvgIpc) is 2.24. The van der Waals surface area contributed by atoms with Gasteiger partial charge in [0.25, 0.3) is 0 Å². The molecule has 1 N–H and O–H groups in total. The highest BCUT2D eigenvalue weighted by Crippen LogP contribution is 2.00. The number of hydrogen-bond acceptors (Lipinski definition) is 5. The normalized spacial score (nSPS) is 12.2. The molecular weight excluding hydrogens is 212 g/mol. The van der Waals surface area contributed by atoms with Gasteiger partial charge in [-0.1, -0.05) is 25.4 Å². The molecule has 1 atom stereocenters. The number of carbonyl (C=O) groups excluding carboxylic acids is 2. The average molecular weight is 230 g/mol. The minimum absolute atomic E-state index is 0.122. The first-order valence-corrected chi connectivity index (χ1v) is 5.12. The second kappa shape index (κ2) is 8.70. The van der Waals surface area contributed by atoms with Crippen LogP contribution >= 0.6 is 0 Å². The van der Waals surface area contributed by atoms with E-state index in [9.17, 15) is 9.59 Å². The topological polar surface area (TPSA) is 77.0 Å². The lowest BCUT2D eigenvalue weighted by molar-refractivity contribution is -0.110. The molecule has 16 heavy (non-hydrogen) atoms. The Kier molecular flexibility index (Phi) is 7.83. The van der Waals surface area contributed by atoms with Crippen LogP contribution in [0.3, 0.4) is 0 Å². The number of rotatable bonds is 7. The standard InChI is InChI=1S/C10H18N2O4/c1-4-8(2)6-15-10(14)11-7-16-12-5-9(3)13/h5,8H,4,6-7H2,1-3H3,(H,11,14)/b12-5-. The van der Waals surface area contributed by atoms with Crippen LogP contribution in [0.2, 0.25) is 0 Å². The first-order valence-electron chi connectivity index (χ1n) is 5.12. The van der Waals surface area contributed by atoms with Gasteiger partial charge in [-0.15, -0.1) is 0 Å². The van der Waals surface area contributed by atoms with Gasteiger partial charge in [0.1, 0.15) is 6.21 Å². The molecule has 0 aromatic carbocycles. The van der Waals surface area contributed by atoms with Gasteiger partial charge in [0, 0.05) is 6.92 Å². The van der Waals surface area contributed by atoms with Gasteiger partial charge >= 0.3 is 6.09 Å². The zero-order chi connectivity index (χ0) is 12.4. The smallest absolute Gasteiger partial charge is 0.409 e. The summed E-state index contributed by atoms with van der Waals surface area (Å²) in [7, 11) is 0. The predicted molar refractivity (Wildman–Crippen MR) is 59.1 cm³/mol. The lowest BCUT2D eigenvalue weighted by Gasteiger charge is -2.09. The molecule has 0 aromatic rings. The van der Waals surface area contributed by atoms with Gasteiger partial charge < -0.3 is 9.57 Å². The molecule has 0 rings (SSSR count). The number of nitrogens with one attached hydrogen (secondary N) is 1. The largest absolute Gasteiger partial charge is 0.449 e. The molecule has 0 fully saturated rings. The van der Waals surface area contributed by atoms with Crippen LogP contribution in [0.15, 0.2) is 5.16 Å². The maximum atomic E-state index is 11.0. The van der Waals surface area contributed by atoms with Crippen molar-refractivity contribution >= 4 is 18.1 Å². The lowest BCUT2D eigenvalue weighted by atomic mass is 10.1. The van der Waals surface area contributed by atoms with Crippen LogP contribution in [-0.4, -0.2) is 31.4 Å². The third-order valence-corrected chi connectivity index (χ3v) is 1.79. The SMILES string of the molecule is CCC(C)COC(=O)NCO/N=C\C(C)=O. The van der Waals surface area contributed by atoms with Crippen molar-refractivity contribution in [3.05, 3.63) is 0 Å². The third-order valence-electron chi connectivity index (χ3n) is 1.79. The Bertz CT molecular complexity index is 253. The first-order chi connectivity index (χ1) is 7.56. The van der Waals surface area contributed by atoms with Crippen molar-refractivity contribution in [2.45, 2.75) is 27.2 Å². The number of oxime groups is 1. The number of nitrogens with zero attached hydrogens (tertiary/aromatic N) is 1. The zero-order valence-corrected chi connectivity index (χ0v) is 9.86. The molecule has 0 spiro atoms. The molecule has 6 nitrogen and oxygen atoms in total. The van der Waals surface area contributed by atoms with Crippen molar-refractivity contribution in [3.8, 4) is 0 Å². The summed E-state index contributed by atoms with van der Waals surface area (Å²) in [5, 5.41) is 5.64. The summed E-state index contributed by atoms with van der Waals surface area (Å²) in [4.78, 5) is 26.0. The fraction of sp³-hybridized carbons (Fsp3) is 0.700. The van der Waals surface area contributed by atoms with Crippen molar-refractivity contribution < 1.29 is 19.2 Å². The number of ether oxygens (including phenoxy) is 1. The number of hydrogen-bond donors (Lipinski definition) is 1. The maximum Gasteiger partial charge on any atom is 0.409 e. The molecule has 0 aliphatic carbocycles. The number of alkyl carbamates (subject to hydrolysis) is 1. The fourth-order valence-corrected chi connectivity index (χ4v) is 0.627. The van der Waals surface area contributed by atoms with Crippen LogP contribution in [0.25, 0.3) is 0 Å². The van der Waals surface area contributed by atoms with E-state index in [1.807, 2.05) is 13.8 Å². The molecular formula is C10H18N2O4. The summed E-state index contributed by atoms with van der Waals surface area (Å²) in [6.45, 7) is 5.61. The Balaban J connectivity index is 3.47. The molecule has 1 amide bonds. The Morgan fingerprint density at radius 3 is 2.75 bits per heavy atom. The van der Waals surface area contributed by atoms with E-state index in [1.54, 1.807) is 0 Å². The van der Waals surface area contributed by atoms with E-state index in [4.69, 9.17) is 4.74 Å². The Labute approximate surface area is 95.0 Å². The van der Waals surface area contributed by atoms with Gasteiger partial charge in [-0.05, 0) is 5.92 Å². The highest BCUT2D eigenvalue weighted by molar-refractivity contribution is 6.26. The van der Waals surface area contributed by atoms with E-state index in [2.05, 4.69) is 15.3 Å². The van der Waals surface area contributed by atoms with E-state index >= 15 is 0 Å². The van der Waals surface area contributed by atoms with E-state index in [0.717, 1.165) is 12.6 Å². The molecule has 0 heterocycles. The number of ketones is 1. The van der Waals surface area contributed by atoms with Crippen LogP contribution in [0.1, 0.15) is 27.2 Å². The molecule has 0 saturated carbocycles. The molecule has 0 saturated heterocycles. The van der Waals surface area contributed by atoms with Gasteiger partial charge in [-0.3, -0.25) is 10.1 Å². The van der Waals surface area contributed by atoms with Crippen LogP contribution in [-0.2, 0) is 14.4 Å². The van der Waals surface area contributed by atoms with Crippen LogP contribution < -0.4 is 5.32 Å². The van der Waals surface area contributed by atoms with Gasteiger partial charge in [0.15, 0.2) is 12.5 Å². The molecule has 0 radical (unpaired) electrons. The quantitative estimate of drug-likeness (QED) is 0.309. The summed E-state index contributed by atoms with van der Waals surface area (Å²) in [6, 6.07) is 0. The van der Waals surface area contributed by atoms with Gasteiger partial charge in [-0.2, -0.15) is 0 Å². The van der Waals surface area contributed by atoms with E-state index in [0.29, 0.717) is 12.5 Å². The fourth-order valence-electron chi connectivity index (χ4n) is 0.627. The molecule has 1 unspecified atom stereocenters. The minimum atomic E-state index is -0.557. The summed E-state index contributed by atoms with van der Waals surface area (Å²) < 4.78 is 4.87.